The lowest BCUT2D eigenvalue weighted by Gasteiger charge is -2.29. The molecular weight excluding hydrogens is 220 g/mol. The SMILES string of the molecule is CC(C)(C)C(=O)C(c1ccccc1)C1CCCC1. The molecule has 1 atom stereocenters. The van der Waals surface area contributed by atoms with E-state index < -0.39 is 0 Å². The van der Waals surface area contributed by atoms with Crippen LogP contribution in [0.1, 0.15) is 57.9 Å². The lowest BCUT2D eigenvalue weighted by Crippen LogP contribution is -2.30. The van der Waals surface area contributed by atoms with E-state index in [0.717, 1.165) is 0 Å². The number of carbonyl (C=O) groups is 1. The van der Waals surface area contributed by atoms with E-state index in [1.165, 1.54) is 31.2 Å². The molecule has 1 aliphatic rings. The fraction of sp³-hybridized carbons (Fsp3) is 0.588. The predicted molar refractivity (Wildman–Crippen MR) is 75.6 cm³/mol. The van der Waals surface area contributed by atoms with Crippen LogP contribution in [0.15, 0.2) is 30.3 Å². The summed E-state index contributed by atoms with van der Waals surface area (Å²) >= 11 is 0. The van der Waals surface area contributed by atoms with Gasteiger partial charge in [-0.2, -0.15) is 0 Å². The number of benzene rings is 1. The molecule has 1 saturated carbocycles. The minimum Gasteiger partial charge on any atom is -0.298 e. The average molecular weight is 244 g/mol. The molecule has 98 valence electrons. The molecule has 1 unspecified atom stereocenters. The molecule has 2 rings (SSSR count). The molecule has 1 nitrogen and oxygen atoms in total. The van der Waals surface area contributed by atoms with Crippen molar-refractivity contribution in [2.24, 2.45) is 11.3 Å². The third kappa shape index (κ3) is 2.82. The topological polar surface area (TPSA) is 17.1 Å². The number of hydrogen-bond donors (Lipinski definition) is 0. The van der Waals surface area contributed by atoms with Gasteiger partial charge in [-0.1, -0.05) is 63.9 Å². The van der Waals surface area contributed by atoms with E-state index in [1.807, 2.05) is 39.0 Å². The summed E-state index contributed by atoms with van der Waals surface area (Å²) in [6, 6.07) is 10.4. The first-order chi connectivity index (χ1) is 8.50. The van der Waals surface area contributed by atoms with E-state index in [-0.39, 0.29) is 11.3 Å². The summed E-state index contributed by atoms with van der Waals surface area (Å²) in [5, 5.41) is 0. The molecule has 0 aliphatic heterocycles. The monoisotopic (exact) mass is 244 g/mol. The summed E-state index contributed by atoms with van der Waals surface area (Å²) in [6.07, 6.45) is 4.99. The molecule has 0 amide bonds. The van der Waals surface area contributed by atoms with Crippen LogP contribution in [0.4, 0.5) is 0 Å². The van der Waals surface area contributed by atoms with Crippen LogP contribution >= 0.6 is 0 Å². The fourth-order valence-corrected chi connectivity index (χ4v) is 3.06. The first-order valence-corrected chi connectivity index (χ1v) is 7.09. The summed E-state index contributed by atoms with van der Waals surface area (Å²) in [6.45, 7) is 6.13. The Morgan fingerprint density at radius 2 is 1.67 bits per heavy atom. The molecular formula is C17H24O. The van der Waals surface area contributed by atoms with Gasteiger partial charge in [-0.25, -0.2) is 0 Å². The number of Topliss-reactive ketones (excluding diaryl/α,β-unsaturated/α-hetero) is 1. The normalized spacial score (nSPS) is 18.8. The summed E-state index contributed by atoms with van der Waals surface area (Å²) in [7, 11) is 0. The first-order valence-electron chi connectivity index (χ1n) is 7.09. The van der Waals surface area contributed by atoms with Gasteiger partial charge in [0, 0.05) is 11.3 Å². The molecule has 1 aliphatic carbocycles. The Labute approximate surface area is 111 Å². The van der Waals surface area contributed by atoms with E-state index in [1.54, 1.807) is 0 Å². The van der Waals surface area contributed by atoms with Crippen LogP contribution < -0.4 is 0 Å². The van der Waals surface area contributed by atoms with Gasteiger partial charge >= 0.3 is 0 Å². The maximum Gasteiger partial charge on any atom is 0.145 e. The molecule has 1 heteroatoms. The standard InChI is InChI=1S/C17H24O/c1-17(2,3)16(18)15(14-11-7-8-12-14)13-9-5-4-6-10-13/h4-6,9-10,14-15H,7-8,11-12H2,1-3H3. The Balaban J connectivity index is 2.32. The van der Waals surface area contributed by atoms with Gasteiger partial charge in [0.15, 0.2) is 0 Å². The predicted octanol–water partition coefficient (Wildman–Crippen LogP) is 4.58. The highest BCUT2D eigenvalue weighted by Crippen LogP contribution is 2.41. The van der Waals surface area contributed by atoms with E-state index >= 15 is 0 Å². The lowest BCUT2D eigenvalue weighted by molar-refractivity contribution is -0.129. The van der Waals surface area contributed by atoms with Crippen LogP contribution in [-0.2, 0) is 4.79 Å². The van der Waals surface area contributed by atoms with Crippen LogP contribution in [0.2, 0.25) is 0 Å². The van der Waals surface area contributed by atoms with Crippen LogP contribution in [0.25, 0.3) is 0 Å². The van der Waals surface area contributed by atoms with Crippen molar-refractivity contribution in [2.75, 3.05) is 0 Å². The number of rotatable bonds is 3. The minimum absolute atomic E-state index is 0.105. The second-order valence-electron chi connectivity index (χ2n) is 6.55. The zero-order chi connectivity index (χ0) is 13.2. The molecule has 0 N–H and O–H groups in total. The maximum absolute atomic E-state index is 12.8. The van der Waals surface area contributed by atoms with E-state index in [9.17, 15) is 4.79 Å². The average Bonchev–Trinajstić information content (AvgIpc) is 2.83. The summed E-state index contributed by atoms with van der Waals surface area (Å²) in [4.78, 5) is 12.8. The minimum atomic E-state index is -0.247. The molecule has 1 fully saturated rings. The van der Waals surface area contributed by atoms with Gasteiger partial charge in [-0.05, 0) is 24.3 Å². The van der Waals surface area contributed by atoms with Gasteiger partial charge in [0.25, 0.3) is 0 Å². The highest BCUT2D eigenvalue weighted by atomic mass is 16.1. The molecule has 1 aromatic rings. The van der Waals surface area contributed by atoms with Crippen molar-refractivity contribution in [3.63, 3.8) is 0 Å². The fourth-order valence-electron chi connectivity index (χ4n) is 3.06. The Kier molecular flexibility index (Phi) is 3.89. The highest BCUT2D eigenvalue weighted by molar-refractivity contribution is 5.90. The van der Waals surface area contributed by atoms with Crippen LogP contribution in [-0.4, -0.2) is 5.78 Å². The highest BCUT2D eigenvalue weighted by Gasteiger charge is 2.37. The van der Waals surface area contributed by atoms with E-state index in [0.29, 0.717) is 11.7 Å². The van der Waals surface area contributed by atoms with Crippen molar-refractivity contribution >= 4 is 5.78 Å². The van der Waals surface area contributed by atoms with Gasteiger partial charge in [0.2, 0.25) is 0 Å². The van der Waals surface area contributed by atoms with E-state index in [2.05, 4.69) is 12.1 Å². The largest absolute Gasteiger partial charge is 0.298 e. The Morgan fingerprint density at radius 1 is 1.11 bits per heavy atom. The Hall–Kier alpha value is -1.11. The van der Waals surface area contributed by atoms with Gasteiger partial charge in [0.1, 0.15) is 5.78 Å². The van der Waals surface area contributed by atoms with Crippen molar-refractivity contribution in [3.8, 4) is 0 Å². The maximum atomic E-state index is 12.8. The molecule has 0 aromatic heterocycles. The third-order valence-electron chi connectivity index (χ3n) is 4.05. The smallest absolute Gasteiger partial charge is 0.145 e. The van der Waals surface area contributed by atoms with Crippen molar-refractivity contribution in [1.82, 2.24) is 0 Å². The van der Waals surface area contributed by atoms with Gasteiger partial charge in [-0.3, -0.25) is 4.79 Å². The molecule has 0 radical (unpaired) electrons. The second-order valence-corrected chi connectivity index (χ2v) is 6.55. The van der Waals surface area contributed by atoms with Crippen LogP contribution in [0, 0.1) is 11.3 Å². The molecule has 18 heavy (non-hydrogen) atoms. The number of carbonyl (C=O) groups excluding carboxylic acids is 1. The molecule has 0 saturated heterocycles. The lowest BCUT2D eigenvalue weighted by atomic mass is 9.73. The molecule has 0 bridgehead atoms. The molecule has 0 heterocycles. The summed E-state index contributed by atoms with van der Waals surface area (Å²) in [5.74, 6) is 1.06. The quantitative estimate of drug-likeness (QED) is 0.761. The van der Waals surface area contributed by atoms with Crippen molar-refractivity contribution in [1.29, 1.82) is 0 Å². The van der Waals surface area contributed by atoms with Crippen molar-refractivity contribution in [2.45, 2.75) is 52.4 Å². The summed E-state index contributed by atoms with van der Waals surface area (Å²) in [5.41, 5.74) is 0.965. The first kappa shape index (κ1) is 13.3. The zero-order valence-corrected chi connectivity index (χ0v) is 11.8. The number of hydrogen-bond acceptors (Lipinski definition) is 1. The van der Waals surface area contributed by atoms with Crippen LogP contribution in [0.3, 0.4) is 0 Å². The summed E-state index contributed by atoms with van der Waals surface area (Å²) < 4.78 is 0. The molecule has 0 spiro atoms. The molecule has 1 aromatic carbocycles. The van der Waals surface area contributed by atoms with Crippen molar-refractivity contribution < 1.29 is 4.79 Å². The zero-order valence-electron chi connectivity index (χ0n) is 11.8. The third-order valence-corrected chi connectivity index (χ3v) is 4.05. The van der Waals surface area contributed by atoms with Crippen LogP contribution in [0.5, 0.6) is 0 Å². The Morgan fingerprint density at radius 3 is 2.17 bits per heavy atom. The number of ketones is 1. The van der Waals surface area contributed by atoms with Gasteiger partial charge in [-0.15, -0.1) is 0 Å². The van der Waals surface area contributed by atoms with E-state index in [4.69, 9.17) is 0 Å². The van der Waals surface area contributed by atoms with Gasteiger partial charge in [0.05, 0.1) is 0 Å². The second kappa shape index (κ2) is 5.26. The Bertz CT molecular complexity index is 393. The van der Waals surface area contributed by atoms with Crippen molar-refractivity contribution in [3.05, 3.63) is 35.9 Å². The van der Waals surface area contributed by atoms with Gasteiger partial charge < -0.3 is 0 Å².